The molecule has 5 heteroatoms. The van der Waals surface area contributed by atoms with Crippen molar-refractivity contribution in [1.82, 2.24) is 0 Å². The van der Waals surface area contributed by atoms with Crippen molar-refractivity contribution in [2.75, 3.05) is 6.61 Å². The van der Waals surface area contributed by atoms with Crippen LogP contribution in [0.25, 0.3) is 0 Å². The number of rotatable bonds is 5. The summed E-state index contributed by atoms with van der Waals surface area (Å²) in [6.07, 6.45) is -0.929. The number of ether oxygens (including phenoxy) is 1. The lowest BCUT2D eigenvalue weighted by Crippen LogP contribution is -2.04. The molecule has 0 radical (unpaired) electrons. The second-order valence-corrected chi connectivity index (χ2v) is 4.86. The van der Waals surface area contributed by atoms with Crippen LogP contribution in [0.4, 0.5) is 0 Å². The van der Waals surface area contributed by atoms with Gasteiger partial charge in [0.05, 0.1) is 17.0 Å². The highest BCUT2D eigenvalue weighted by Crippen LogP contribution is 2.30. The molecule has 1 atom stereocenters. The Balaban J connectivity index is 2.25. The fourth-order valence-electron chi connectivity index (χ4n) is 1.77. The average Bonchev–Trinajstić information content (AvgIpc) is 2.88. The fourth-order valence-corrected chi connectivity index (χ4v) is 2.67. The molecule has 0 aliphatic rings. The number of aromatic carboxylic acids is 1. The van der Waals surface area contributed by atoms with Crippen molar-refractivity contribution in [3.8, 4) is 5.75 Å². The summed E-state index contributed by atoms with van der Waals surface area (Å²) < 4.78 is 5.32. The molecule has 1 unspecified atom stereocenters. The maximum absolute atomic E-state index is 11.0. The van der Waals surface area contributed by atoms with Crippen molar-refractivity contribution in [3.63, 3.8) is 0 Å². The molecule has 19 heavy (non-hydrogen) atoms. The second-order valence-electron chi connectivity index (χ2n) is 3.91. The molecule has 1 aromatic carbocycles. The summed E-state index contributed by atoms with van der Waals surface area (Å²) in [7, 11) is 0. The van der Waals surface area contributed by atoms with Gasteiger partial charge in [0.2, 0.25) is 0 Å². The van der Waals surface area contributed by atoms with Gasteiger partial charge in [0.25, 0.3) is 0 Å². The lowest BCUT2D eigenvalue weighted by Gasteiger charge is -2.11. The molecule has 0 aliphatic carbocycles. The minimum absolute atomic E-state index is 0.145. The van der Waals surface area contributed by atoms with Gasteiger partial charge in [-0.3, -0.25) is 0 Å². The topological polar surface area (TPSA) is 66.8 Å². The van der Waals surface area contributed by atoms with Crippen LogP contribution in [-0.4, -0.2) is 22.8 Å². The zero-order valence-electron chi connectivity index (χ0n) is 10.4. The summed E-state index contributed by atoms with van der Waals surface area (Å²) in [6.45, 7) is 2.48. The Bertz CT molecular complexity index is 559. The van der Waals surface area contributed by atoms with E-state index in [4.69, 9.17) is 9.84 Å². The number of aliphatic hydroxyl groups excluding tert-OH is 1. The molecule has 0 amide bonds. The van der Waals surface area contributed by atoms with Crippen molar-refractivity contribution in [2.45, 2.75) is 13.0 Å². The van der Waals surface area contributed by atoms with Gasteiger partial charge in [0, 0.05) is 0 Å². The smallest absolute Gasteiger partial charge is 0.336 e. The lowest BCUT2D eigenvalue weighted by molar-refractivity contribution is 0.0692. The molecule has 0 spiro atoms. The van der Waals surface area contributed by atoms with Gasteiger partial charge in [-0.15, -0.1) is 11.3 Å². The van der Waals surface area contributed by atoms with Crippen LogP contribution in [0, 0.1) is 0 Å². The highest BCUT2D eigenvalue weighted by atomic mass is 32.1. The van der Waals surface area contributed by atoms with Gasteiger partial charge in [-0.25, -0.2) is 4.79 Å². The number of benzene rings is 1. The van der Waals surface area contributed by atoms with Crippen LogP contribution >= 0.6 is 11.3 Å². The summed E-state index contributed by atoms with van der Waals surface area (Å²) in [5, 5.41) is 20.9. The van der Waals surface area contributed by atoms with E-state index >= 15 is 0 Å². The van der Waals surface area contributed by atoms with Gasteiger partial charge in [-0.2, -0.15) is 0 Å². The van der Waals surface area contributed by atoms with E-state index in [1.54, 1.807) is 29.6 Å². The number of hydrogen-bond acceptors (Lipinski definition) is 4. The van der Waals surface area contributed by atoms with Crippen molar-refractivity contribution in [2.24, 2.45) is 0 Å². The Hall–Kier alpha value is -1.85. The van der Waals surface area contributed by atoms with Crippen LogP contribution < -0.4 is 4.74 Å². The number of carboxylic acids is 1. The Morgan fingerprint density at radius 3 is 2.58 bits per heavy atom. The Labute approximate surface area is 114 Å². The highest BCUT2D eigenvalue weighted by molar-refractivity contribution is 7.10. The van der Waals surface area contributed by atoms with Gasteiger partial charge in [0.15, 0.2) is 0 Å². The first kappa shape index (κ1) is 13.6. The maximum atomic E-state index is 11.0. The monoisotopic (exact) mass is 278 g/mol. The average molecular weight is 278 g/mol. The first-order valence-corrected chi connectivity index (χ1v) is 6.73. The van der Waals surface area contributed by atoms with Crippen LogP contribution in [-0.2, 0) is 0 Å². The highest BCUT2D eigenvalue weighted by Gasteiger charge is 2.20. The van der Waals surface area contributed by atoms with Crippen molar-refractivity contribution < 1.29 is 19.7 Å². The molecule has 0 fully saturated rings. The molecule has 100 valence electrons. The van der Waals surface area contributed by atoms with E-state index in [1.807, 2.05) is 6.92 Å². The molecule has 2 aromatic rings. The van der Waals surface area contributed by atoms with E-state index in [1.165, 1.54) is 17.4 Å². The third-order valence-electron chi connectivity index (χ3n) is 2.68. The maximum Gasteiger partial charge on any atom is 0.336 e. The van der Waals surface area contributed by atoms with Crippen LogP contribution in [0.2, 0.25) is 0 Å². The van der Waals surface area contributed by atoms with Crippen LogP contribution in [0.3, 0.4) is 0 Å². The molecular formula is C14H14O4S. The first-order chi connectivity index (χ1) is 9.13. The minimum Gasteiger partial charge on any atom is -0.494 e. The van der Waals surface area contributed by atoms with Crippen molar-refractivity contribution >= 4 is 17.3 Å². The summed E-state index contributed by atoms with van der Waals surface area (Å²) in [6, 6.07) is 8.49. The van der Waals surface area contributed by atoms with E-state index in [0.717, 1.165) is 5.75 Å². The molecule has 0 saturated heterocycles. The van der Waals surface area contributed by atoms with Crippen LogP contribution in [0.15, 0.2) is 35.7 Å². The van der Waals surface area contributed by atoms with Gasteiger partial charge < -0.3 is 14.9 Å². The molecule has 0 bridgehead atoms. The van der Waals surface area contributed by atoms with Crippen LogP contribution in [0.5, 0.6) is 5.75 Å². The van der Waals surface area contributed by atoms with Crippen molar-refractivity contribution in [3.05, 3.63) is 51.7 Å². The number of hydrogen-bond donors (Lipinski definition) is 2. The molecule has 2 rings (SSSR count). The first-order valence-electron chi connectivity index (χ1n) is 5.85. The normalized spacial score (nSPS) is 12.1. The van der Waals surface area contributed by atoms with E-state index in [-0.39, 0.29) is 5.56 Å². The Morgan fingerprint density at radius 2 is 2.00 bits per heavy atom. The van der Waals surface area contributed by atoms with Gasteiger partial charge in [-0.05, 0) is 36.1 Å². The van der Waals surface area contributed by atoms with E-state index in [2.05, 4.69) is 0 Å². The molecule has 4 nitrogen and oxygen atoms in total. The third-order valence-corrected chi connectivity index (χ3v) is 3.65. The van der Waals surface area contributed by atoms with Crippen molar-refractivity contribution in [1.29, 1.82) is 0 Å². The SMILES string of the molecule is CCOc1ccc(C(O)c2sccc2C(=O)O)cc1. The Kier molecular flexibility index (Phi) is 4.19. The predicted molar refractivity (Wildman–Crippen MR) is 73.0 cm³/mol. The summed E-state index contributed by atoms with van der Waals surface area (Å²) in [4.78, 5) is 11.5. The molecule has 1 aromatic heterocycles. The zero-order chi connectivity index (χ0) is 13.8. The largest absolute Gasteiger partial charge is 0.494 e. The van der Waals surface area contributed by atoms with E-state index in [9.17, 15) is 9.90 Å². The van der Waals surface area contributed by atoms with Gasteiger partial charge in [0.1, 0.15) is 11.9 Å². The third kappa shape index (κ3) is 2.94. The molecule has 1 heterocycles. The fraction of sp³-hybridized carbons (Fsp3) is 0.214. The Morgan fingerprint density at radius 1 is 1.32 bits per heavy atom. The second kappa shape index (κ2) is 5.86. The molecule has 2 N–H and O–H groups in total. The minimum atomic E-state index is -1.03. The van der Waals surface area contributed by atoms with E-state index < -0.39 is 12.1 Å². The molecule has 0 saturated carbocycles. The number of carbonyl (C=O) groups is 1. The van der Waals surface area contributed by atoms with Gasteiger partial charge in [-0.1, -0.05) is 12.1 Å². The zero-order valence-corrected chi connectivity index (χ0v) is 11.2. The quantitative estimate of drug-likeness (QED) is 0.882. The summed E-state index contributed by atoms with van der Waals surface area (Å²) in [5.74, 6) is -0.302. The standard InChI is InChI=1S/C14H14O4S/c1-2-18-10-5-3-9(4-6-10)12(15)13-11(14(16)17)7-8-19-13/h3-8,12,15H,2H2,1H3,(H,16,17). The number of carboxylic acid groups (broad SMARTS) is 1. The summed E-state index contributed by atoms with van der Waals surface area (Å²) in [5.41, 5.74) is 0.791. The van der Waals surface area contributed by atoms with Crippen LogP contribution in [0.1, 0.15) is 33.8 Å². The summed E-state index contributed by atoms with van der Waals surface area (Å²) >= 11 is 1.23. The number of aliphatic hydroxyl groups is 1. The predicted octanol–water partition coefficient (Wildman–Crippen LogP) is 2.93. The van der Waals surface area contributed by atoms with Gasteiger partial charge >= 0.3 is 5.97 Å². The lowest BCUT2D eigenvalue weighted by atomic mass is 10.1. The molecule has 0 aliphatic heterocycles. The number of thiophene rings is 1. The molecular weight excluding hydrogens is 264 g/mol. The van der Waals surface area contributed by atoms with E-state index in [0.29, 0.717) is 17.0 Å².